The average Bonchev–Trinajstić information content (AvgIpc) is 3.23. The number of aromatic nitrogens is 1. The van der Waals surface area contributed by atoms with E-state index in [2.05, 4.69) is 10.3 Å². The van der Waals surface area contributed by atoms with Crippen molar-refractivity contribution in [3.05, 3.63) is 12.1 Å². The number of carbonyl (C=O) groups excluding carboxylic acids is 1. The lowest BCUT2D eigenvalue weighted by Crippen LogP contribution is -2.28. The smallest absolute Gasteiger partial charge is 0.328 e. The second-order valence-electron chi connectivity index (χ2n) is 4.96. The van der Waals surface area contributed by atoms with Gasteiger partial charge in [0.2, 0.25) is 5.88 Å². The van der Waals surface area contributed by atoms with E-state index >= 15 is 0 Å². The van der Waals surface area contributed by atoms with Gasteiger partial charge in [0.15, 0.2) is 0 Å². The lowest BCUT2D eigenvalue weighted by molar-refractivity contribution is -0.143. The number of esters is 1. The van der Waals surface area contributed by atoms with E-state index in [-0.39, 0.29) is 5.97 Å². The van der Waals surface area contributed by atoms with Crippen LogP contribution in [0.5, 0.6) is 5.88 Å². The zero-order valence-electron chi connectivity index (χ0n) is 11.9. The fourth-order valence-electron chi connectivity index (χ4n) is 1.68. The quantitative estimate of drug-likeness (QED) is 0.740. The molecule has 2 rings (SSSR count). The SMILES string of the molecule is CCOC(=O)C(C)Nc1ccc(N)c(OCC2CC2)n1. The van der Waals surface area contributed by atoms with Crippen molar-refractivity contribution in [3.63, 3.8) is 0 Å². The summed E-state index contributed by atoms with van der Waals surface area (Å²) in [6.07, 6.45) is 2.41. The normalized spacial score (nSPS) is 15.5. The Kier molecular flexibility index (Phi) is 4.65. The second-order valence-corrected chi connectivity index (χ2v) is 4.96. The van der Waals surface area contributed by atoms with Gasteiger partial charge in [0.05, 0.1) is 18.9 Å². The van der Waals surface area contributed by atoms with Crippen LogP contribution in [0.25, 0.3) is 0 Å². The van der Waals surface area contributed by atoms with Gasteiger partial charge in [0.1, 0.15) is 11.9 Å². The number of nitrogens with two attached hydrogens (primary N) is 1. The molecule has 0 aromatic carbocycles. The maximum absolute atomic E-state index is 11.6. The zero-order chi connectivity index (χ0) is 14.5. The van der Waals surface area contributed by atoms with Crippen molar-refractivity contribution < 1.29 is 14.3 Å². The largest absolute Gasteiger partial charge is 0.476 e. The van der Waals surface area contributed by atoms with Crippen molar-refractivity contribution in [1.82, 2.24) is 4.98 Å². The predicted molar refractivity (Wildman–Crippen MR) is 76.6 cm³/mol. The monoisotopic (exact) mass is 279 g/mol. The van der Waals surface area contributed by atoms with Crippen LogP contribution in [-0.2, 0) is 9.53 Å². The Balaban J connectivity index is 1.96. The highest BCUT2D eigenvalue weighted by atomic mass is 16.5. The van der Waals surface area contributed by atoms with Gasteiger partial charge in [0, 0.05) is 0 Å². The molecular formula is C14H21N3O3. The maximum Gasteiger partial charge on any atom is 0.328 e. The molecule has 1 aliphatic carbocycles. The summed E-state index contributed by atoms with van der Waals surface area (Å²) in [6, 6.07) is 2.96. The third-order valence-corrected chi connectivity index (χ3v) is 3.05. The molecule has 1 fully saturated rings. The number of nitrogen functional groups attached to an aromatic ring is 1. The van der Waals surface area contributed by atoms with Crippen molar-refractivity contribution >= 4 is 17.5 Å². The van der Waals surface area contributed by atoms with Crippen molar-refractivity contribution in [3.8, 4) is 5.88 Å². The molecule has 0 saturated heterocycles. The first-order chi connectivity index (χ1) is 9.60. The number of nitrogens with zero attached hydrogens (tertiary/aromatic N) is 1. The standard InChI is InChI=1S/C14H21N3O3/c1-3-19-14(18)9(2)16-12-7-6-11(15)13(17-12)20-8-10-4-5-10/h6-7,9-10H,3-5,8,15H2,1-2H3,(H,16,17). The van der Waals surface area contributed by atoms with Crippen LogP contribution in [-0.4, -0.2) is 30.2 Å². The molecule has 6 nitrogen and oxygen atoms in total. The Bertz CT molecular complexity index is 475. The molecule has 1 aromatic heterocycles. The fraction of sp³-hybridized carbons (Fsp3) is 0.571. The number of hydrogen-bond donors (Lipinski definition) is 2. The molecule has 1 heterocycles. The highest BCUT2D eigenvalue weighted by Gasteiger charge is 2.22. The van der Waals surface area contributed by atoms with E-state index in [1.54, 1.807) is 26.0 Å². The van der Waals surface area contributed by atoms with E-state index in [9.17, 15) is 4.79 Å². The molecule has 20 heavy (non-hydrogen) atoms. The van der Waals surface area contributed by atoms with Crippen LogP contribution < -0.4 is 15.8 Å². The van der Waals surface area contributed by atoms with Crippen LogP contribution >= 0.6 is 0 Å². The number of carbonyl (C=O) groups is 1. The minimum absolute atomic E-state index is 0.313. The Morgan fingerprint density at radius 3 is 2.95 bits per heavy atom. The molecule has 110 valence electrons. The van der Waals surface area contributed by atoms with Gasteiger partial charge in [-0.3, -0.25) is 0 Å². The van der Waals surface area contributed by atoms with Gasteiger partial charge in [-0.1, -0.05) is 0 Å². The van der Waals surface area contributed by atoms with Gasteiger partial charge in [0.25, 0.3) is 0 Å². The van der Waals surface area contributed by atoms with Crippen LogP contribution in [0.3, 0.4) is 0 Å². The van der Waals surface area contributed by atoms with Crippen LogP contribution in [0.1, 0.15) is 26.7 Å². The summed E-state index contributed by atoms with van der Waals surface area (Å²) in [5, 5.41) is 2.98. The molecule has 0 amide bonds. The third-order valence-electron chi connectivity index (χ3n) is 3.05. The molecule has 6 heteroatoms. The summed E-state index contributed by atoms with van der Waals surface area (Å²) in [6.45, 7) is 4.50. The first-order valence-corrected chi connectivity index (χ1v) is 6.92. The number of ether oxygens (including phenoxy) is 2. The molecule has 1 atom stereocenters. The molecule has 1 aromatic rings. The number of hydrogen-bond acceptors (Lipinski definition) is 6. The molecular weight excluding hydrogens is 258 g/mol. The van der Waals surface area contributed by atoms with Crippen LogP contribution in [0.2, 0.25) is 0 Å². The van der Waals surface area contributed by atoms with E-state index in [1.165, 1.54) is 12.8 Å². The van der Waals surface area contributed by atoms with Gasteiger partial charge in [-0.2, -0.15) is 4.98 Å². The van der Waals surface area contributed by atoms with Gasteiger partial charge >= 0.3 is 5.97 Å². The number of rotatable bonds is 7. The highest BCUT2D eigenvalue weighted by molar-refractivity contribution is 5.78. The topological polar surface area (TPSA) is 86.5 Å². The number of pyridine rings is 1. The van der Waals surface area contributed by atoms with E-state index in [1.807, 2.05) is 0 Å². The van der Waals surface area contributed by atoms with Crippen LogP contribution in [0.4, 0.5) is 11.5 Å². The molecule has 3 N–H and O–H groups in total. The van der Waals surface area contributed by atoms with Crippen molar-refractivity contribution in [2.24, 2.45) is 5.92 Å². The van der Waals surface area contributed by atoms with Crippen LogP contribution in [0.15, 0.2) is 12.1 Å². The summed E-state index contributed by atoms with van der Waals surface area (Å²) in [5.41, 5.74) is 6.33. The third kappa shape index (κ3) is 4.01. The Morgan fingerprint density at radius 1 is 1.55 bits per heavy atom. The highest BCUT2D eigenvalue weighted by Crippen LogP contribution is 2.30. The van der Waals surface area contributed by atoms with Crippen molar-refractivity contribution in [2.75, 3.05) is 24.3 Å². The van der Waals surface area contributed by atoms with Crippen molar-refractivity contribution in [2.45, 2.75) is 32.7 Å². The predicted octanol–water partition coefficient (Wildman–Crippen LogP) is 1.82. The first-order valence-electron chi connectivity index (χ1n) is 6.92. The van der Waals surface area contributed by atoms with E-state index in [0.717, 1.165) is 0 Å². The first kappa shape index (κ1) is 14.4. The molecule has 1 unspecified atom stereocenters. The number of anilines is 2. The van der Waals surface area contributed by atoms with E-state index < -0.39 is 6.04 Å². The minimum Gasteiger partial charge on any atom is -0.476 e. The van der Waals surface area contributed by atoms with Gasteiger partial charge in [-0.15, -0.1) is 0 Å². The Morgan fingerprint density at radius 2 is 2.30 bits per heavy atom. The summed E-state index contributed by atoms with van der Waals surface area (Å²) >= 11 is 0. The Labute approximate surface area is 118 Å². The zero-order valence-corrected chi connectivity index (χ0v) is 11.9. The lowest BCUT2D eigenvalue weighted by atomic mass is 10.3. The molecule has 0 bridgehead atoms. The van der Waals surface area contributed by atoms with Gasteiger partial charge in [-0.05, 0) is 44.7 Å². The van der Waals surface area contributed by atoms with Crippen molar-refractivity contribution in [1.29, 1.82) is 0 Å². The number of nitrogens with one attached hydrogen (secondary N) is 1. The molecule has 1 saturated carbocycles. The minimum atomic E-state index is -0.470. The molecule has 1 aliphatic rings. The lowest BCUT2D eigenvalue weighted by Gasteiger charge is -2.14. The van der Waals surface area contributed by atoms with Gasteiger partial charge in [-0.25, -0.2) is 4.79 Å². The summed E-state index contributed by atoms with van der Waals surface area (Å²) in [5.74, 6) is 1.28. The summed E-state index contributed by atoms with van der Waals surface area (Å²) < 4.78 is 10.5. The van der Waals surface area contributed by atoms with Gasteiger partial charge < -0.3 is 20.5 Å². The molecule has 0 spiro atoms. The molecule has 0 aliphatic heterocycles. The Hall–Kier alpha value is -1.98. The van der Waals surface area contributed by atoms with E-state index in [4.69, 9.17) is 15.2 Å². The summed E-state index contributed by atoms with van der Waals surface area (Å²) in [4.78, 5) is 15.8. The second kappa shape index (κ2) is 6.45. The summed E-state index contributed by atoms with van der Waals surface area (Å²) in [7, 11) is 0. The van der Waals surface area contributed by atoms with E-state index in [0.29, 0.717) is 36.5 Å². The van der Waals surface area contributed by atoms with Crippen LogP contribution in [0, 0.1) is 5.92 Å². The maximum atomic E-state index is 11.6. The molecule has 0 radical (unpaired) electrons. The fourth-order valence-corrected chi connectivity index (χ4v) is 1.68. The average molecular weight is 279 g/mol.